The van der Waals surface area contributed by atoms with Crippen molar-refractivity contribution in [3.8, 4) is 33.9 Å². The maximum atomic E-state index is 4.88. The molecule has 4 aromatic heterocycles. The summed E-state index contributed by atoms with van der Waals surface area (Å²) in [5.41, 5.74) is 14.2. The van der Waals surface area contributed by atoms with Crippen molar-refractivity contribution in [1.29, 1.82) is 0 Å². The summed E-state index contributed by atoms with van der Waals surface area (Å²) < 4.78 is 4.76. The molecule has 0 amide bonds. The predicted octanol–water partition coefficient (Wildman–Crippen LogP) is 11.1. The Morgan fingerprint density at radius 3 is 1.15 bits per heavy atom. The highest BCUT2D eigenvalue weighted by molar-refractivity contribution is 6.28. The van der Waals surface area contributed by atoms with E-state index in [1.807, 2.05) is 60.9 Å². The average molecular weight is 665 g/mol. The molecule has 11 rings (SSSR count). The molecule has 7 aromatic carbocycles. The summed E-state index contributed by atoms with van der Waals surface area (Å²) in [7, 11) is 0. The minimum absolute atomic E-state index is 0.861. The van der Waals surface area contributed by atoms with Gasteiger partial charge in [0.2, 0.25) is 0 Å². The Kier molecular flexibility index (Phi) is 6.15. The number of para-hydroxylation sites is 6. The van der Waals surface area contributed by atoms with Crippen LogP contribution in [0.3, 0.4) is 0 Å². The zero-order chi connectivity index (χ0) is 34.2. The molecular weight excluding hydrogens is 637 g/mol. The Labute approximate surface area is 297 Å². The molecule has 0 atom stereocenters. The van der Waals surface area contributed by atoms with Crippen LogP contribution in [0.4, 0.5) is 0 Å². The highest BCUT2D eigenvalue weighted by Crippen LogP contribution is 2.42. The number of benzene rings is 7. The lowest BCUT2D eigenvalue weighted by molar-refractivity contribution is 1.17. The van der Waals surface area contributed by atoms with E-state index in [0.29, 0.717) is 0 Å². The molecule has 0 aliphatic carbocycles. The molecule has 0 radical (unpaired) electrons. The fourth-order valence-electron chi connectivity index (χ4n) is 7.83. The fourth-order valence-corrected chi connectivity index (χ4v) is 7.83. The summed E-state index contributed by atoms with van der Waals surface area (Å²) in [6.07, 6.45) is 3.71. The maximum absolute atomic E-state index is 4.88. The minimum atomic E-state index is 0.861. The molecule has 0 N–H and O–H groups in total. The number of hydrogen-bond acceptors (Lipinski definition) is 4. The van der Waals surface area contributed by atoms with Crippen molar-refractivity contribution >= 4 is 65.7 Å². The van der Waals surface area contributed by atoms with Crippen molar-refractivity contribution in [1.82, 2.24) is 29.1 Å². The third-order valence-corrected chi connectivity index (χ3v) is 10.2. The van der Waals surface area contributed by atoms with Crippen molar-refractivity contribution in [2.45, 2.75) is 0 Å². The first kappa shape index (κ1) is 28.6. The van der Waals surface area contributed by atoms with Crippen LogP contribution in [0.1, 0.15) is 0 Å². The van der Waals surface area contributed by atoms with E-state index in [2.05, 4.69) is 128 Å². The zero-order valence-electron chi connectivity index (χ0n) is 27.8. The molecule has 242 valence electrons. The van der Waals surface area contributed by atoms with Gasteiger partial charge in [0.25, 0.3) is 0 Å². The van der Waals surface area contributed by atoms with Gasteiger partial charge in [0.15, 0.2) is 0 Å². The van der Waals surface area contributed by atoms with E-state index < -0.39 is 0 Å². The predicted molar refractivity (Wildman–Crippen MR) is 212 cm³/mol. The van der Waals surface area contributed by atoms with Crippen LogP contribution in [0.15, 0.2) is 170 Å². The highest BCUT2D eigenvalue weighted by atomic mass is 15.0. The summed E-state index contributed by atoms with van der Waals surface area (Å²) in [4.78, 5) is 19.0. The third kappa shape index (κ3) is 4.31. The van der Waals surface area contributed by atoms with Gasteiger partial charge >= 0.3 is 0 Å². The van der Waals surface area contributed by atoms with Crippen LogP contribution in [0, 0.1) is 0 Å². The smallest absolute Gasteiger partial charge is 0.0894 e. The lowest BCUT2D eigenvalue weighted by Gasteiger charge is -2.11. The first-order chi connectivity index (χ1) is 25.8. The Hall–Kier alpha value is -7.18. The largest absolute Gasteiger partial charge is 0.309 e. The molecule has 0 fully saturated rings. The molecule has 0 aliphatic heterocycles. The molecular formula is C46H28N6. The van der Waals surface area contributed by atoms with Crippen LogP contribution in [-0.4, -0.2) is 29.1 Å². The number of nitrogens with zero attached hydrogens (tertiary/aromatic N) is 6. The number of hydrogen-bond donors (Lipinski definition) is 0. The van der Waals surface area contributed by atoms with Crippen molar-refractivity contribution in [3.63, 3.8) is 0 Å². The Morgan fingerprint density at radius 2 is 0.712 bits per heavy atom. The zero-order valence-corrected chi connectivity index (χ0v) is 27.8. The normalized spacial score (nSPS) is 11.8. The van der Waals surface area contributed by atoms with E-state index in [0.717, 1.165) is 56.0 Å². The van der Waals surface area contributed by atoms with Gasteiger partial charge in [-0.3, -0.25) is 9.97 Å². The van der Waals surface area contributed by atoms with Gasteiger partial charge in [0.05, 0.1) is 67.9 Å². The summed E-state index contributed by atoms with van der Waals surface area (Å²) in [5, 5.41) is 4.94. The number of fused-ring (bicyclic) bond motifs is 9. The highest BCUT2D eigenvalue weighted by Gasteiger charge is 2.20. The summed E-state index contributed by atoms with van der Waals surface area (Å²) in [6, 6.07) is 55.3. The second-order valence-electron chi connectivity index (χ2n) is 13.1. The van der Waals surface area contributed by atoms with Gasteiger partial charge in [-0.2, -0.15) is 0 Å². The number of rotatable bonds is 4. The number of aromatic nitrogens is 6. The van der Waals surface area contributed by atoms with Gasteiger partial charge in [-0.1, -0.05) is 84.9 Å². The second-order valence-corrected chi connectivity index (χ2v) is 13.1. The lowest BCUT2D eigenvalue weighted by atomic mass is 10.1. The van der Waals surface area contributed by atoms with E-state index in [9.17, 15) is 0 Å². The first-order valence-corrected chi connectivity index (χ1v) is 17.4. The van der Waals surface area contributed by atoms with E-state index in [1.54, 1.807) is 0 Å². The molecule has 4 heterocycles. The molecule has 0 spiro atoms. The molecule has 6 nitrogen and oxygen atoms in total. The van der Waals surface area contributed by atoms with E-state index >= 15 is 0 Å². The first-order valence-electron chi connectivity index (χ1n) is 17.4. The van der Waals surface area contributed by atoms with Crippen molar-refractivity contribution in [2.24, 2.45) is 0 Å². The van der Waals surface area contributed by atoms with Gasteiger partial charge in [0.1, 0.15) is 0 Å². The van der Waals surface area contributed by atoms with Crippen molar-refractivity contribution in [3.05, 3.63) is 170 Å². The van der Waals surface area contributed by atoms with Gasteiger partial charge in [-0.15, -0.1) is 0 Å². The van der Waals surface area contributed by atoms with Crippen LogP contribution in [0.25, 0.3) is 99.6 Å². The van der Waals surface area contributed by atoms with E-state index in [1.165, 1.54) is 43.6 Å². The SMILES string of the molecule is c1ccc2nc(-c3ccc(-n4c5ccccc5c5c6c7ccccc7n(-c7ccc(-c8cnc9ccccc9n8)cc7)c6ccc54)cc3)cnc2c1. The monoisotopic (exact) mass is 664 g/mol. The Balaban J connectivity index is 1.07. The maximum Gasteiger partial charge on any atom is 0.0894 e. The summed E-state index contributed by atoms with van der Waals surface area (Å²) in [5.74, 6) is 0. The molecule has 11 aromatic rings. The van der Waals surface area contributed by atoms with Crippen molar-refractivity contribution < 1.29 is 0 Å². The summed E-state index contributed by atoms with van der Waals surface area (Å²) in [6.45, 7) is 0. The van der Waals surface area contributed by atoms with E-state index in [4.69, 9.17) is 9.97 Å². The second kappa shape index (κ2) is 11.2. The summed E-state index contributed by atoms with van der Waals surface area (Å²) >= 11 is 0. The molecule has 6 heteroatoms. The van der Waals surface area contributed by atoms with Crippen LogP contribution >= 0.6 is 0 Å². The molecule has 0 unspecified atom stereocenters. The van der Waals surface area contributed by atoms with E-state index in [-0.39, 0.29) is 0 Å². The van der Waals surface area contributed by atoms with Crippen molar-refractivity contribution in [2.75, 3.05) is 0 Å². The topological polar surface area (TPSA) is 61.4 Å². The fraction of sp³-hybridized carbons (Fsp3) is 0. The van der Waals surface area contributed by atoms with Gasteiger partial charge < -0.3 is 9.13 Å². The molecule has 52 heavy (non-hydrogen) atoms. The van der Waals surface area contributed by atoms with Crippen LogP contribution < -0.4 is 0 Å². The van der Waals surface area contributed by atoms with Crippen LogP contribution in [-0.2, 0) is 0 Å². The minimum Gasteiger partial charge on any atom is -0.309 e. The Morgan fingerprint density at radius 1 is 0.327 bits per heavy atom. The van der Waals surface area contributed by atoms with Gasteiger partial charge in [-0.25, -0.2) is 9.97 Å². The molecule has 0 bridgehead atoms. The van der Waals surface area contributed by atoms with Crippen LogP contribution in [0.2, 0.25) is 0 Å². The quantitative estimate of drug-likeness (QED) is 0.188. The van der Waals surface area contributed by atoms with Crippen LogP contribution in [0.5, 0.6) is 0 Å². The average Bonchev–Trinajstić information content (AvgIpc) is 3.73. The van der Waals surface area contributed by atoms with Gasteiger partial charge in [-0.05, 0) is 72.8 Å². The molecule has 0 saturated carbocycles. The molecule has 0 aliphatic rings. The third-order valence-electron chi connectivity index (χ3n) is 10.2. The molecule has 0 saturated heterocycles. The lowest BCUT2D eigenvalue weighted by Crippen LogP contribution is -1.95. The Bertz CT molecular complexity index is 2960. The van der Waals surface area contributed by atoms with Gasteiger partial charge in [0, 0.05) is 44.0 Å². The standard InChI is InChI=1S/C46H28N6/c1-7-15-41-33(9-1)45-43(51(41)31-21-17-29(18-22-31)39-27-47-35-11-3-5-13-37(35)49-39)25-26-44-46(45)34-10-2-8-16-42(34)52(44)32-23-19-30(20-24-32)40-28-48-36-12-4-6-14-38(36)50-40/h1-28H.